The molecule has 18 heteroatoms. The van der Waals surface area contributed by atoms with Crippen LogP contribution in [-0.4, -0.2) is 124 Å². The van der Waals surface area contributed by atoms with Crippen molar-refractivity contribution in [2.24, 2.45) is 10.8 Å². The van der Waals surface area contributed by atoms with Crippen LogP contribution in [0.1, 0.15) is 67.2 Å². The van der Waals surface area contributed by atoms with Crippen LogP contribution in [0.3, 0.4) is 0 Å². The molecular formula is C26H42N6O11S. The number of hydrogen-bond donors (Lipinski definition) is 4. The molecule has 248 valence electrons. The molecule has 4 fully saturated rings. The van der Waals surface area contributed by atoms with Crippen molar-refractivity contribution in [3.05, 3.63) is 0 Å². The fourth-order valence-electron chi connectivity index (χ4n) is 5.13. The predicted octanol–water partition coefficient (Wildman–Crippen LogP) is 0.0964. The third kappa shape index (κ3) is 8.22. The van der Waals surface area contributed by atoms with Crippen molar-refractivity contribution < 1.29 is 51.2 Å². The van der Waals surface area contributed by atoms with Crippen molar-refractivity contribution in [3.63, 3.8) is 0 Å². The van der Waals surface area contributed by atoms with Crippen LogP contribution in [0.5, 0.6) is 0 Å². The minimum Gasteiger partial charge on any atom is -0.347 e. The molecule has 0 aromatic rings. The van der Waals surface area contributed by atoms with Crippen molar-refractivity contribution in [1.29, 1.82) is 0 Å². The van der Waals surface area contributed by atoms with Gasteiger partial charge in [-0.05, 0) is 25.7 Å². The Bertz CT molecular complexity index is 1290. The Morgan fingerprint density at radius 2 is 1.18 bits per heavy atom. The Labute approximate surface area is 256 Å². The molecule has 0 aliphatic carbocycles. The van der Waals surface area contributed by atoms with E-state index in [1.54, 1.807) is 41.5 Å². The van der Waals surface area contributed by atoms with Crippen LogP contribution in [0, 0.1) is 10.8 Å². The molecule has 0 unspecified atom stereocenters. The molecular weight excluding hydrogens is 604 g/mol. The third-order valence-corrected chi connectivity index (χ3v) is 8.32. The maximum Gasteiger partial charge on any atom is 0.418 e. The largest absolute Gasteiger partial charge is 0.418 e. The van der Waals surface area contributed by atoms with Crippen LogP contribution in [0.15, 0.2) is 0 Å². The molecule has 4 rings (SSSR count). The summed E-state index contributed by atoms with van der Waals surface area (Å²) in [5.74, 6) is -1.01. The fourth-order valence-corrected chi connectivity index (χ4v) is 5.52. The number of amides is 6. The predicted molar refractivity (Wildman–Crippen MR) is 151 cm³/mol. The molecule has 4 heterocycles. The second kappa shape index (κ2) is 12.9. The minimum atomic E-state index is -4.82. The molecule has 0 spiro atoms. The van der Waals surface area contributed by atoms with E-state index >= 15 is 0 Å². The van der Waals surface area contributed by atoms with Crippen LogP contribution < -0.4 is 10.6 Å². The topological polar surface area (TPSA) is 223 Å². The average molecular weight is 647 g/mol. The van der Waals surface area contributed by atoms with E-state index in [1.807, 2.05) is 0 Å². The van der Waals surface area contributed by atoms with Gasteiger partial charge in [0.25, 0.3) is 0 Å². The Kier molecular flexibility index (Phi) is 10.3. The van der Waals surface area contributed by atoms with E-state index in [4.69, 9.17) is 4.55 Å². The lowest BCUT2D eigenvalue weighted by Crippen LogP contribution is -2.51. The van der Waals surface area contributed by atoms with Gasteiger partial charge in [0, 0.05) is 23.9 Å². The second-order valence-corrected chi connectivity index (χ2v) is 14.3. The number of urea groups is 2. The number of fused-ring (bicyclic) bond motifs is 4. The molecule has 4 bridgehead atoms. The molecule has 17 nitrogen and oxygen atoms in total. The van der Waals surface area contributed by atoms with E-state index in [-0.39, 0.29) is 43.1 Å². The molecule has 4 saturated heterocycles. The summed E-state index contributed by atoms with van der Waals surface area (Å²) in [6.45, 7) is 10.9. The molecule has 0 radical (unpaired) electrons. The third-order valence-electron chi connectivity index (χ3n) is 7.97. The number of carbonyl (C=O) groups excluding carboxylic acids is 6. The lowest BCUT2D eigenvalue weighted by Gasteiger charge is -2.29. The molecule has 0 saturated carbocycles. The van der Waals surface area contributed by atoms with Gasteiger partial charge in [-0.25, -0.2) is 14.7 Å². The Hall–Kier alpha value is -3.35. The monoisotopic (exact) mass is 646 g/mol. The standard InChI is InChI=1S/C13H21N3O7S.C13H21N3O4/c1-13(2,3)10(17)6-14-11(18)9-5-4-8-7-15(9)12(19)16(8)23-24(20,21)22;1-13(2,3)10(17)6-14-11(18)9-5-4-8-7-15(9)12(19)16(8)20/h8-9H,4-7H2,1-3H3,(H,14,18)(H,20,21,22);8-9,20H,4-7H2,1-3H3,(H,14,18)/t2*8-,9+/m11/s1. The number of piperidine rings is 2. The molecule has 4 atom stereocenters. The first kappa shape index (κ1) is 35.1. The zero-order chi connectivity index (χ0) is 33.4. The van der Waals surface area contributed by atoms with Gasteiger partial charge in [0.15, 0.2) is 11.6 Å². The maximum absolute atomic E-state index is 12.3. The van der Waals surface area contributed by atoms with Crippen molar-refractivity contribution in [1.82, 2.24) is 30.6 Å². The summed E-state index contributed by atoms with van der Waals surface area (Å²) in [5.41, 5.74) is -1.09. The molecule has 0 aromatic carbocycles. The van der Waals surface area contributed by atoms with Crippen molar-refractivity contribution >= 4 is 45.8 Å². The van der Waals surface area contributed by atoms with E-state index in [0.717, 1.165) is 0 Å². The number of hydroxylamine groups is 4. The SMILES string of the molecule is CC(C)(C)C(=O)CNC(=O)[C@@H]1CC[C@@H]2CN1C(=O)N2O.CC(C)(C)C(=O)CNC(=O)[C@@H]1CC[C@@H]2CN1C(=O)N2OS(=O)(=O)O. The summed E-state index contributed by atoms with van der Waals surface area (Å²) >= 11 is 0. The number of hydrogen-bond acceptors (Lipinski definition) is 10. The van der Waals surface area contributed by atoms with Crippen LogP contribution in [0.25, 0.3) is 0 Å². The van der Waals surface area contributed by atoms with E-state index < -0.39 is 57.3 Å². The zero-order valence-electron chi connectivity index (χ0n) is 25.7. The highest BCUT2D eigenvalue weighted by atomic mass is 32.3. The Balaban J connectivity index is 0.000000244. The maximum atomic E-state index is 12.3. The molecule has 4 aliphatic heterocycles. The van der Waals surface area contributed by atoms with Crippen LogP contribution in [0.4, 0.5) is 9.59 Å². The lowest BCUT2D eigenvalue weighted by atomic mass is 9.91. The summed E-state index contributed by atoms with van der Waals surface area (Å²) in [7, 11) is -4.82. The van der Waals surface area contributed by atoms with Gasteiger partial charge in [-0.3, -0.25) is 28.9 Å². The molecule has 44 heavy (non-hydrogen) atoms. The number of nitrogens with zero attached hydrogens (tertiary/aromatic N) is 4. The van der Waals surface area contributed by atoms with E-state index in [9.17, 15) is 42.4 Å². The van der Waals surface area contributed by atoms with Gasteiger partial charge in [-0.15, -0.1) is 4.28 Å². The average Bonchev–Trinajstić information content (AvgIpc) is 3.28. The van der Waals surface area contributed by atoms with Crippen LogP contribution >= 0.6 is 0 Å². The normalized spacial score (nSPS) is 25.0. The highest BCUT2D eigenvalue weighted by molar-refractivity contribution is 7.80. The van der Waals surface area contributed by atoms with Gasteiger partial charge in [0.1, 0.15) is 12.1 Å². The van der Waals surface area contributed by atoms with Gasteiger partial charge < -0.3 is 20.4 Å². The van der Waals surface area contributed by atoms with Gasteiger partial charge in [0.2, 0.25) is 11.8 Å². The van der Waals surface area contributed by atoms with E-state index in [2.05, 4.69) is 14.9 Å². The van der Waals surface area contributed by atoms with Crippen molar-refractivity contribution in [2.45, 2.75) is 91.4 Å². The number of carbonyl (C=O) groups is 6. The van der Waals surface area contributed by atoms with E-state index in [0.29, 0.717) is 42.4 Å². The summed E-state index contributed by atoms with van der Waals surface area (Å²) < 4.78 is 34.6. The Morgan fingerprint density at radius 1 is 0.773 bits per heavy atom. The highest BCUT2D eigenvalue weighted by Crippen LogP contribution is 2.31. The molecule has 4 aliphatic rings. The lowest BCUT2D eigenvalue weighted by molar-refractivity contribution is -0.131. The molecule has 0 aromatic heterocycles. The van der Waals surface area contributed by atoms with Crippen molar-refractivity contribution in [2.75, 3.05) is 26.2 Å². The number of Topliss-reactive ketones (excluding diaryl/α,β-unsaturated/α-hetero) is 2. The van der Waals surface area contributed by atoms with E-state index in [1.165, 1.54) is 9.80 Å². The highest BCUT2D eigenvalue weighted by Gasteiger charge is 2.49. The fraction of sp³-hybridized carbons (Fsp3) is 0.769. The smallest absolute Gasteiger partial charge is 0.347 e. The quantitative estimate of drug-likeness (QED) is 0.204. The first-order valence-electron chi connectivity index (χ1n) is 14.3. The molecule has 4 N–H and O–H groups in total. The van der Waals surface area contributed by atoms with Crippen LogP contribution in [-0.2, 0) is 33.9 Å². The summed E-state index contributed by atoms with van der Waals surface area (Å²) in [6.07, 6.45) is 1.73. The van der Waals surface area contributed by atoms with Gasteiger partial charge in [-0.1, -0.05) is 41.5 Å². The summed E-state index contributed by atoms with van der Waals surface area (Å²) in [5, 5.41) is 15.9. The van der Waals surface area contributed by atoms with Gasteiger partial charge in [0.05, 0.1) is 25.2 Å². The summed E-state index contributed by atoms with van der Waals surface area (Å²) in [6, 6.07) is -3.52. The Morgan fingerprint density at radius 3 is 1.61 bits per heavy atom. The van der Waals surface area contributed by atoms with Gasteiger partial charge in [-0.2, -0.15) is 13.5 Å². The van der Waals surface area contributed by atoms with Crippen molar-refractivity contribution in [3.8, 4) is 0 Å². The van der Waals surface area contributed by atoms with Crippen LogP contribution in [0.2, 0.25) is 0 Å². The zero-order valence-corrected chi connectivity index (χ0v) is 26.5. The minimum absolute atomic E-state index is 0.0346. The van der Waals surface area contributed by atoms with Gasteiger partial charge >= 0.3 is 22.5 Å². The molecule has 6 amide bonds. The number of nitrogens with one attached hydrogen (secondary N) is 2. The second-order valence-electron chi connectivity index (χ2n) is 13.3. The number of ketones is 2. The summed E-state index contributed by atoms with van der Waals surface area (Å²) in [4.78, 5) is 74.5. The number of rotatable bonds is 8. The first-order chi connectivity index (χ1) is 20.1. The first-order valence-corrected chi connectivity index (χ1v) is 15.7.